The van der Waals surface area contributed by atoms with Gasteiger partial charge in [0.15, 0.2) is 0 Å². The number of rotatable bonds is 3. The van der Waals surface area contributed by atoms with Crippen molar-refractivity contribution in [1.82, 2.24) is 10.6 Å². The van der Waals surface area contributed by atoms with Crippen LogP contribution < -0.4 is 10.6 Å². The Balaban J connectivity index is 1.95. The summed E-state index contributed by atoms with van der Waals surface area (Å²) in [5, 5.41) is 15.4. The van der Waals surface area contributed by atoms with Crippen LogP contribution in [-0.4, -0.2) is 35.7 Å². The zero-order valence-corrected chi connectivity index (χ0v) is 10.1. The first kappa shape index (κ1) is 11.9. The van der Waals surface area contributed by atoms with Crippen LogP contribution in [0.1, 0.15) is 33.1 Å². The van der Waals surface area contributed by atoms with Crippen molar-refractivity contribution in [1.29, 1.82) is 0 Å². The quantitative estimate of drug-likeness (QED) is 0.647. The molecule has 3 atom stereocenters. The molecule has 3 N–H and O–H groups in total. The van der Waals surface area contributed by atoms with Gasteiger partial charge >= 0.3 is 0 Å². The van der Waals surface area contributed by atoms with E-state index < -0.39 is 5.54 Å². The minimum atomic E-state index is -0.518. The lowest BCUT2D eigenvalue weighted by Gasteiger charge is -2.27. The Morgan fingerprint density at radius 3 is 2.94 bits per heavy atom. The van der Waals surface area contributed by atoms with Gasteiger partial charge in [-0.15, -0.1) is 0 Å². The second-order valence-electron chi connectivity index (χ2n) is 5.77. The van der Waals surface area contributed by atoms with E-state index in [-0.39, 0.29) is 18.6 Å². The molecule has 16 heavy (non-hydrogen) atoms. The Kier molecular flexibility index (Phi) is 3.22. The fraction of sp³-hybridized carbons (Fsp3) is 0.917. The molecule has 0 aromatic carbocycles. The smallest absolute Gasteiger partial charge is 0.237 e. The Morgan fingerprint density at radius 2 is 2.25 bits per heavy atom. The number of hydrogen-bond donors (Lipinski definition) is 3. The zero-order chi connectivity index (χ0) is 11.8. The second kappa shape index (κ2) is 4.34. The molecule has 1 aliphatic carbocycles. The van der Waals surface area contributed by atoms with Crippen molar-refractivity contribution in [3.63, 3.8) is 0 Å². The average molecular weight is 226 g/mol. The molecule has 4 heteroatoms. The van der Waals surface area contributed by atoms with Crippen LogP contribution in [0, 0.1) is 11.8 Å². The Bertz CT molecular complexity index is 278. The lowest BCUT2D eigenvalue weighted by Crippen LogP contribution is -2.53. The normalized spacial score (nSPS) is 33.8. The first-order valence-electron chi connectivity index (χ1n) is 6.20. The number of aliphatic hydroxyl groups is 1. The number of aliphatic hydroxyl groups excluding tert-OH is 1. The van der Waals surface area contributed by atoms with E-state index in [2.05, 4.69) is 10.6 Å². The third-order valence-corrected chi connectivity index (χ3v) is 3.89. The maximum absolute atomic E-state index is 12.1. The molecule has 0 radical (unpaired) electrons. The zero-order valence-electron chi connectivity index (χ0n) is 10.1. The third kappa shape index (κ3) is 2.23. The molecule has 2 rings (SSSR count). The first-order chi connectivity index (χ1) is 7.53. The summed E-state index contributed by atoms with van der Waals surface area (Å²) in [6.45, 7) is 4.62. The van der Waals surface area contributed by atoms with Crippen LogP contribution in [0.15, 0.2) is 0 Å². The highest BCUT2D eigenvalue weighted by molar-refractivity contribution is 5.83. The van der Waals surface area contributed by atoms with Crippen molar-refractivity contribution in [3.05, 3.63) is 0 Å². The molecule has 1 amide bonds. The van der Waals surface area contributed by atoms with Gasteiger partial charge in [-0.25, -0.2) is 0 Å². The van der Waals surface area contributed by atoms with Crippen LogP contribution in [0.5, 0.6) is 0 Å². The van der Waals surface area contributed by atoms with Crippen LogP contribution in [-0.2, 0) is 4.79 Å². The molecule has 2 aliphatic rings. The van der Waals surface area contributed by atoms with Crippen LogP contribution in [0.25, 0.3) is 0 Å². The van der Waals surface area contributed by atoms with Gasteiger partial charge in [-0.2, -0.15) is 0 Å². The molecule has 1 saturated carbocycles. The van der Waals surface area contributed by atoms with Gasteiger partial charge in [0.2, 0.25) is 5.91 Å². The maximum atomic E-state index is 12.1. The standard InChI is InChI=1S/C12H22N2O2/c1-12(2,7-15)14-11(16)10-9-5-3-4-8(9)6-13-10/h8-10,13,15H,3-7H2,1-2H3,(H,14,16). The number of nitrogens with one attached hydrogen (secondary N) is 2. The van der Waals surface area contributed by atoms with Crippen LogP contribution in [0.4, 0.5) is 0 Å². The Hall–Kier alpha value is -0.610. The largest absolute Gasteiger partial charge is 0.394 e. The fourth-order valence-electron chi connectivity index (χ4n) is 2.93. The van der Waals surface area contributed by atoms with Crippen molar-refractivity contribution in [2.24, 2.45) is 11.8 Å². The molecule has 1 aliphatic heterocycles. The molecule has 0 spiro atoms. The van der Waals surface area contributed by atoms with Gasteiger partial charge in [-0.1, -0.05) is 6.42 Å². The molecule has 4 nitrogen and oxygen atoms in total. The molecule has 2 fully saturated rings. The summed E-state index contributed by atoms with van der Waals surface area (Å²) in [7, 11) is 0. The molecule has 92 valence electrons. The van der Waals surface area contributed by atoms with E-state index >= 15 is 0 Å². The highest BCUT2D eigenvalue weighted by Gasteiger charge is 2.43. The molecule has 1 saturated heterocycles. The molecule has 0 aromatic rings. The summed E-state index contributed by atoms with van der Waals surface area (Å²) in [5.74, 6) is 1.25. The molecular formula is C12H22N2O2. The summed E-state index contributed by atoms with van der Waals surface area (Å²) in [6, 6.07) is -0.0432. The summed E-state index contributed by atoms with van der Waals surface area (Å²) in [5.41, 5.74) is -0.518. The predicted octanol–water partition coefficient (Wildman–Crippen LogP) is 0.262. The van der Waals surface area contributed by atoms with E-state index in [1.165, 1.54) is 12.8 Å². The monoisotopic (exact) mass is 226 g/mol. The fourth-order valence-corrected chi connectivity index (χ4v) is 2.93. The number of carbonyl (C=O) groups excluding carboxylic acids is 1. The lowest BCUT2D eigenvalue weighted by molar-refractivity contribution is -0.125. The lowest BCUT2D eigenvalue weighted by atomic mass is 9.93. The highest BCUT2D eigenvalue weighted by Crippen LogP contribution is 2.37. The van der Waals surface area contributed by atoms with Gasteiger partial charge < -0.3 is 15.7 Å². The number of amides is 1. The van der Waals surface area contributed by atoms with Gasteiger partial charge in [0.05, 0.1) is 18.2 Å². The summed E-state index contributed by atoms with van der Waals surface area (Å²) in [6.07, 6.45) is 3.67. The van der Waals surface area contributed by atoms with E-state index in [0.717, 1.165) is 13.0 Å². The van der Waals surface area contributed by atoms with Crippen molar-refractivity contribution in [3.8, 4) is 0 Å². The third-order valence-electron chi connectivity index (χ3n) is 3.89. The Labute approximate surface area is 96.8 Å². The van der Waals surface area contributed by atoms with E-state index in [0.29, 0.717) is 11.8 Å². The number of fused-ring (bicyclic) bond motifs is 1. The van der Waals surface area contributed by atoms with Crippen LogP contribution in [0.3, 0.4) is 0 Å². The van der Waals surface area contributed by atoms with Gasteiger partial charge in [-0.3, -0.25) is 4.79 Å². The van der Waals surface area contributed by atoms with Crippen LogP contribution >= 0.6 is 0 Å². The SMILES string of the molecule is CC(C)(CO)NC(=O)C1NCC2CCCC21. The number of carbonyl (C=O) groups is 1. The number of hydrogen-bond acceptors (Lipinski definition) is 3. The van der Waals surface area contributed by atoms with E-state index in [1.807, 2.05) is 13.8 Å². The molecular weight excluding hydrogens is 204 g/mol. The highest BCUT2D eigenvalue weighted by atomic mass is 16.3. The molecule has 1 heterocycles. The maximum Gasteiger partial charge on any atom is 0.237 e. The minimum absolute atomic E-state index is 0.0282. The van der Waals surface area contributed by atoms with Gasteiger partial charge in [0.25, 0.3) is 0 Å². The topological polar surface area (TPSA) is 61.4 Å². The molecule has 0 aromatic heterocycles. The van der Waals surface area contributed by atoms with Crippen molar-refractivity contribution in [2.45, 2.75) is 44.7 Å². The Morgan fingerprint density at radius 1 is 1.50 bits per heavy atom. The van der Waals surface area contributed by atoms with Gasteiger partial charge in [0, 0.05) is 0 Å². The first-order valence-corrected chi connectivity index (χ1v) is 6.20. The predicted molar refractivity (Wildman–Crippen MR) is 61.9 cm³/mol. The van der Waals surface area contributed by atoms with Gasteiger partial charge in [-0.05, 0) is 45.1 Å². The summed E-state index contributed by atoms with van der Waals surface area (Å²) < 4.78 is 0. The molecule has 0 bridgehead atoms. The summed E-state index contributed by atoms with van der Waals surface area (Å²) in [4.78, 5) is 12.1. The second-order valence-corrected chi connectivity index (χ2v) is 5.77. The van der Waals surface area contributed by atoms with Gasteiger partial charge in [0.1, 0.15) is 0 Å². The van der Waals surface area contributed by atoms with E-state index in [9.17, 15) is 4.79 Å². The van der Waals surface area contributed by atoms with Crippen molar-refractivity contribution < 1.29 is 9.90 Å². The minimum Gasteiger partial charge on any atom is -0.394 e. The van der Waals surface area contributed by atoms with Crippen molar-refractivity contribution in [2.75, 3.05) is 13.2 Å². The summed E-state index contributed by atoms with van der Waals surface area (Å²) >= 11 is 0. The average Bonchev–Trinajstić information content (AvgIpc) is 2.77. The van der Waals surface area contributed by atoms with E-state index in [1.54, 1.807) is 0 Å². The molecule has 3 unspecified atom stereocenters. The van der Waals surface area contributed by atoms with Crippen LogP contribution in [0.2, 0.25) is 0 Å². The van der Waals surface area contributed by atoms with Crippen molar-refractivity contribution >= 4 is 5.91 Å². The van der Waals surface area contributed by atoms with E-state index in [4.69, 9.17) is 5.11 Å².